The fraction of sp³-hybridized carbons (Fsp3) is 0.571. The second-order valence-electron chi connectivity index (χ2n) is 5.13. The Balaban J connectivity index is 2.33. The summed E-state index contributed by atoms with van der Waals surface area (Å²) < 4.78 is 70.7. The van der Waals surface area contributed by atoms with Gasteiger partial charge in [0.2, 0.25) is 0 Å². The van der Waals surface area contributed by atoms with E-state index in [1.54, 1.807) is 24.3 Å². The molecule has 0 aromatic heterocycles. The molecule has 2 N–H and O–H groups in total. The molecular weight excluding hydrogens is 360 g/mol. The molecule has 0 saturated heterocycles. The molecule has 0 spiro atoms. The van der Waals surface area contributed by atoms with E-state index in [4.69, 9.17) is 18.6 Å². The molecule has 0 amide bonds. The van der Waals surface area contributed by atoms with E-state index in [1.807, 2.05) is 0 Å². The first-order valence-electron chi connectivity index (χ1n) is 7.42. The summed E-state index contributed by atoms with van der Waals surface area (Å²) in [6, 6.07) is 6.93. The first-order valence-corrected chi connectivity index (χ1v) is 10.6. The van der Waals surface area contributed by atoms with Gasteiger partial charge in [0.05, 0.1) is 24.7 Å². The quantitative estimate of drug-likeness (QED) is 0.414. The minimum atomic E-state index is -3.95. The molecule has 1 aromatic carbocycles. The van der Waals surface area contributed by atoms with E-state index < -0.39 is 20.2 Å². The molecular formula is C14H22O8S2. The minimum absolute atomic E-state index is 0.276. The third-order valence-electron chi connectivity index (χ3n) is 2.96. The van der Waals surface area contributed by atoms with Crippen LogP contribution in [0.2, 0.25) is 0 Å². The van der Waals surface area contributed by atoms with Gasteiger partial charge in [-0.25, -0.2) is 0 Å². The van der Waals surface area contributed by atoms with Crippen LogP contribution in [0.25, 0.3) is 0 Å². The number of benzene rings is 1. The molecule has 0 aliphatic carbocycles. The smallest absolute Gasteiger partial charge is 0.264 e. The lowest BCUT2D eigenvalue weighted by Crippen LogP contribution is -2.08. The number of rotatable bonds is 12. The summed E-state index contributed by atoms with van der Waals surface area (Å²) in [5.74, 6) is 0.392. The molecule has 0 aliphatic rings. The van der Waals surface area contributed by atoms with Gasteiger partial charge in [0, 0.05) is 0 Å². The van der Waals surface area contributed by atoms with Crippen LogP contribution >= 0.6 is 0 Å². The van der Waals surface area contributed by atoms with Gasteiger partial charge in [-0.05, 0) is 37.8 Å². The van der Waals surface area contributed by atoms with E-state index >= 15 is 0 Å². The van der Waals surface area contributed by atoms with E-state index in [1.165, 1.54) is 0 Å². The number of hydrogen-bond acceptors (Lipinski definition) is 6. The third kappa shape index (κ3) is 10.4. The summed E-state index contributed by atoms with van der Waals surface area (Å²) in [6.07, 6.45) is 1.50. The SMILES string of the molecule is O=S(=O)(O)CCCCOc1ccccc1OCCCCS(=O)(=O)O. The molecule has 1 rings (SSSR count). The van der Waals surface area contributed by atoms with Crippen LogP contribution < -0.4 is 9.47 Å². The molecule has 0 saturated carbocycles. The standard InChI is InChI=1S/C14H22O8S2/c15-23(16,17)11-5-3-9-21-13-7-1-2-8-14(13)22-10-4-6-12-24(18,19)20/h1-2,7-8H,3-6,9-12H2,(H,15,16,17)(H,18,19,20). The monoisotopic (exact) mass is 382 g/mol. The van der Waals surface area contributed by atoms with Crippen molar-refractivity contribution in [2.45, 2.75) is 25.7 Å². The number of para-hydroxylation sites is 2. The molecule has 1 aromatic rings. The Morgan fingerprint density at radius 2 is 1.08 bits per heavy atom. The van der Waals surface area contributed by atoms with Gasteiger partial charge in [-0.15, -0.1) is 0 Å². The lowest BCUT2D eigenvalue weighted by atomic mass is 10.3. The van der Waals surface area contributed by atoms with Crippen molar-refractivity contribution in [2.75, 3.05) is 24.7 Å². The van der Waals surface area contributed by atoms with Crippen LogP contribution in [0.3, 0.4) is 0 Å². The molecule has 0 fully saturated rings. The van der Waals surface area contributed by atoms with E-state index in [0.29, 0.717) is 24.3 Å². The lowest BCUT2D eigenvalue weighted by molar-refractivity contribution is 0.262. The molecule has 0 bridgehead atoms. The van der Waals surface area contributed by atoms with E-state index in [9.17, 15) is 16.8 Å². The average Bonchev–Trinajstić information content (AvgIpc) is 2.45. The molecule has 0 radical (unpaired) electrons. The minimum Gasteiger partial charge on any atom is -0.490 e. The van der Waals surface area contributed by atoms with Gasteiger partial charge >= 0.3 is 0 Å². The maximum atomic E-state index is 10.6. The van der Waals surface area contributed by atoms with Gasteiger partial charge in [-0.3, -0.25) is 9.11 Å². The molecule has 8 nitrogen and oxygen atoms in total. The van der Waals surface area contributed by atoms with Gasteiger partial charge < -0.3 is 9.47 Å². The van der Waals surface area contributed by atoms with Crippen molar-refractivity contribution in [1.29, 1.82) is 0 Å². The second kappa shape index (κ2) is 9.82. The predicted molar refractivity (Wildman–Crippen MR) is 88.7 cm³/mol. The van der Waals surface area contributed by atoms with Crippen LogP contribution in [0, 0.1) is 0 Å². The largest absolute Gasteiger partial charge is 0.490 e. The van der Waals surface area contributed by atoms with Gasteiger partial charge in [0.25, 0.3) is 20.2 Å². The van der Waals surface area contributed by atoms with Crippen LogP contribution in [0.4, 0.5) is 0 Å². The lowest BCUT2D eigenvalue weighted by Gasteiger charge is -2.12. The zero-order valence-electron chi connectivity index (χ0n) is 13.1. The molecule has 0 heterocycles. The zero-order chi connectivity index (χ0) is 18.1. The Morgan fingerprint density at radius 1 is 0.708 bits per heavy atom. The molecule has 0 atom stereocenters. The number of ether oxygens (including phenoxy) is 2. The van der Waals surface area contributed by atoms with Crippen LogP contribution in [0.1, 0.15) is 25.7 Å². The van der Waals surface area contributed by atoms with Gasteiger partial charge in [-0.1, -0.05) is 12.1 Å². The zero-order valence-corrected chi connectivity index (χ0v) is 14.8. The summed E-state index contributed by atoms with van der Waals surface area (Å²) in [7, 11) is -7.89. The van der Waals surface area contributed by atoms with Crippen LogP contribution in [0.15, 0.2) is 24.3 Å². The van der Waals surface area contributed by atoms with Crippen LogP contribution in [-0.4, -0.2) is 50.7 Å². The van der Waals surface area contributed by atoms with E-state index in [0.717, 1.165) is 0 Å². The highest BCUT2D eigenvalue weighted by atomic mass is 32.2. The fourth-order valence-corrected chi connectivity index (χ4v) is 2.96. The average molecular weight is 382 g/mol. The Morgan fingerprint density at radius 3 is 1.42 bits per heavy atom. The van der Waals surface area contributed by atoms with Crippen molar-refractivity contribution < 1.29 is 35.4 Å². The summed E-state index contributed by atoms with van der Waals surface area (Å²) >= 11 is 0. The van der Waals surface area contributed by atoms with Crippen molar-refractivity contribution in [3.8, 4) is 11.5 Å². The third-order valence-corrected chi connectivity index (χ3v) is 4.57. The van der Waals surface area contributed by atoms with Crippen molar-refractivity contribution in [3.05, 3.63) is 24.3 Å². The van der Waals surface area contributed by atoms with Crippen molar-refractivity contribution in [2.24, 2.45) is 0 Å². The molecule has 24 heavy (non-hydrogen) atoms. The van der Waals surface area contributed by atoms with Gasteiger partial charge in [0.1, 0.15) is 0 Å². The topological polar surface area (TPSA) is 127 Å². The first kappa shape index (κ1) is 20.7. The highest BCUT2D eigenvalue weighted by molar-refractivity contribution is 7.86. The Kier molecular flexibility index (Phi) is 8.46. The van der Waals surface area contributed by atoms with Crippen LogP contribution in [-0.2, 0) is 20.2 Å². The normalized spacial score (nSPS) is 12.1. The highest BCUT2D eigenvalue weighted by Crippen LogP contribution is 2.26. The highest BCUT2D eigenvalue weighted by Gasteiger charge is 2.07. The maximum Gasteiger partial charge on any atom is 0.264 e. The molecule has 0 unspecified atom stereocenters. The second-order valence-corrected chi connectivity index (χ2v) is 8.27. The first-order chi connectivity index (χ1) is 11.2. The Hall–Kier alpha value is -1.36. The predicted octanol–water partition coefficient (Wildman–Crippen LogP) is 1.78. The number of unbranched alkanes of at least 4 members (excludes halogenated alkanes) is 2. The van der Waals surface area contributed by atoms with Crippen LogP contribution in [0.5, 0.6) is 11.5 Å². The Labute approximate surface area is 142 Å². The Bertz CT molecular complexity index is 636. The molecule has 10 heteroatoms. The summed E-state index contributed by atoms with van der Waals surface area (Å²) in [5, 5.41) is 0. The summed E-state index contributed by atoms with van der Waals surface area (Å²) in [5.41, 5.74) is 0. The molecule has 138 valence electrons. The van der Waals surface area contributed by atoms with Crippen molar-refractivity contribution in [1.82, 2.24) is 0 Å². The number of hydrogen-bond donors (Lipinski definition) is 2. The van der Waals surface area contributed by atoms with Crippen molar-refractivity contribution >= 4 is 20.2 Å². The van der Waals surface area contributed by atoms with Gasteiger partial charge in [-0.2, -0.15) is 16.8 Å². The maximum absolute atomic E-state index is 10.6. The van der Waals surface area contributed by atoms with E-state index in [-0.39, 0.29) is 37.6 Å². The van der Waals surface area contributed by atoms with Gasteiger partial charge in [0.15, 0.2) is 11.5 Å². The summed E-state index contributed by atoms with van der Waals surface area (Å²) in [6.45, 7) is 0.553. The fourth-order valence-electron chi connectivity index (χ4n) is 1.83. The van der Waals surface area contributed by atoms with E-state index in [2.05, 4.69) is 0 Å². The molecule has 0 aliphatic heterocycles. The summed E-state index contributed by atoms with van der Waals surface area (Å²) in [4.78, 5) is 0. The van der Waals surface area contributed by atoms with Crippen molar-refractivity contribution in [3.63, 3.8) is 0 Å².